The summed E-state index contributed by atoms with van der Waals surface area (Å²) in [4.78, 5) is 0. The summed E-state index contributed by atoms with van der Waals surface area (Å²) in [6.45, 7) is 0.472. The van der Waals surface area contributed by atoms with E-state index >= 15 is 0 Å². The maximum absolute atomic E-state index is 8.63. The van der Waals surface area contributed by atoms with E-state index in [4.69, 9.17) is 28.4 Å². The molecule has 0 aliphatic carbocycles. The number of nitrogens with two attached hydrogens (primary N) is 1. The summed E-state index contributed by atoms with van der Waals surface area (Å²) in [5, 5.41) is 7.75. The van der Waals surface area contributed by atoms with E-state index in [-0.39, 0.29) is 58.0 Å². The van der Waals surface area contributed by atoms with Crippen molar-refractivity contribution in [3.05, 3.63) is 0 Å². The Kier molecular flexibility index (Phi) is 18.2. The topological polar surface area (TPSA) is 124 Å². The van der Waals surface area contributed by atoms with E-state index in [1.807, 2.05) is 0 Å². The van der Waals surface area contributed by atoms with Crippen LogP contribution in [0, 0.1) is 0 Å². The molecule has 10 heavy (non-hydrogen) atoms. The maximum atomic E-state index is 8.63. The third kappa shape index (κ3) is 114. The van der Waals surface area contributed by atoms with Crippen molar-refractivity contribution in [3.63, 3.8) is 0 Å². The van der Waals surface area contributed by atoms with Crippen molar-refractivity contribution in [2.24, 2.45) is 5.73 Å². The number of aliphatic hydroxyl groups excluding tert-OH is 1. The first-order valence-corrected chi connectivity index (χ1v) is 3.27. The summed E-state index contributed by atoms with van der Waals surface area (Å²) in [5.74, 6) is 0. The van der Waals surface area contributed by atoms with Crippen molar-refractivity contribution in [1.29, 1.82) is 0 Å². The molecule has 0 aliphatic rings. The zero-order valence-corrected chi connectivity index (χ0v) is 9.46. The van der Waals surface area contributed by atoms with Crippen LogP contribution in [0.4, 0.5) is 0 Å². The van der Waals surface area contributed by atoms with Gasteiger partial charge in [0.15, 0.2) is 0 Å². The Bertz CT molecular complexity index is 123. The van der Waals surface area contributed by atoms with E-state index in [0.717, 1.165) is 0 Å². The normalized spacial score (nSPS) is 8.80. The fourth-order valence-electron chi connectivity index (χ4n) is 0. The van der Waals surface area contributed by atoms with Crippen molar-refractivity contribution < 1.29 is 74.0 Å². The van der Waals surface area contributed by atoms with Gasteiger partial charge in [0.05, 0.1) is 6.61 Å². The second-order valence-corrected chi connectivity index (χ2v) is 1.80. The van der Waals surface area contributed by atoms with Crippen LogP contribution in [0.5, 0.6) is 0 Å². The van der Waals surface area contributed by atoms with Gasteiger partial charge in [-0.2, -0.15) is 0 Å². The van der Waals surface area contributed by atoms with Crippen molar-refractivity contribution >= 4 is 10.4 Å². The van der Waals surface area contributed by atoms with Crippen molar-refractivity contribution in [2.45, 2.75) is 0 Å². The van der Waals surface area contributed by atoms with Crippen molar-refractivity contribution in [2.75, 3.05) is 13.2 Å². The molecule has 4 N–H and O–H groups in total. The van der Waals surface area contributed by atoms with E-state index in [1.54, 1.807) is 0 Å². The molecule has 0 radical (unpaired) electrons. The second kappa shape index (κ2) is 10.4. The maximum Gasteiger partial charge on any atom is 1.00 e. The molecular weight excluding hydrogens is 189 g/mol. The van der Waals surface area contributed by atoms with Crippen molar-refractivity contribution in [3.8, 4) is 0 Å². The number of hydrogen-bond donors (Lipinski definition) is 3. The van der Waals surface area contributed by atoms with Gasteiger partial charge in [-0.3, -0.25) is 4.55 Å². The molecule has 0 rings (SSSR count). The molecule has 58 valence electrons. The Hall–Kier alpha value is 1.43. The van der Waals surface area contributed by atoms with E-state index in [1.165, 1.54) is 0 Å². The molecule has 0 amide bonds. The van der Waals surface area contributed by atoms with Crippen molar-refractivity contribution in [1.82, 2.24) is 0 Å². The minimum atomic E-state index is -4.92. The predicted octanol–water partition coefficient (Wildman–Crippen LogP) is -5.05. The zero-order valence-electron chi connectivity index (χ0n) is 5.52. The summed E-state index contributed by atoms with van der Waals surface area (Å²) in [7, 11) is -4.92. The molecule has 0 fully saturated rings. The molecule has 0 spiro atoms. The first-order chi connectivity index (χ1) is 3.91. The number of aliphatic hydroxyl groups is 1. The molecule has 0 aromatic carbocycles. The van der Waals surface area contributed by atoms with Crippen LogP contribution in [0.3, 0.4) is 0 Å². The van der Waals surface area contributed by atoms with E-state index in [9.17, 15) is 0 Å². The summed E-state index contributed by atoms with van der Waals surface area (Å²) < 4.78 is 32.8. The Balaban J connectivity index is -0.0000000910. The van der Waals surface area contributed by atoms with Crippen LogP contribution in [-0.4, -0.2) is 35.8 Å². The molecule has 0 bridgehead atoms. The fourth-order valence-corrected chi connectivity index (χ4v) is 0. The summed E-state index contributed by atoms with van der Waals surface area (Å²) in [6.07, 6.45) is 0. The number of rotatable bonds is 1. The van der Waals surface area contributed by atoms with Crippen LogP contribution < -0.4 is 57.1 Å². The largest absolute Gasteiger partial charge is 1.00 e. The molecule has 0 saturated heterocycles. The third-order valence-electron chi connectivity index (χ3n) is 0.129. The van der Waals surface area contributed by atoms with Crippen LogP contribution in [0.1, 0.15) is 0 Å². The summed E-state index contributed by atoms with van der Waals surface area (Å²) >= 11 is 0. The molecule has 0 aliphatic heterocycles. The van der Waals surface area contributed by atoms with Gasteiger partial charge in [0.25, 0.3) is 0 Å². The van der Waals surface area contributed by atoms with Gasteiger partial charge in [-0.15, -0.1) is 0 Å². The van der Waals surface area contributed by atoms with Crippen LogP contribution >= 0.6 is 0 Å². The van der Waals surface area contributed by atoms with Gasteiger partial charge in [0.1, 0.15) is 0 Å². The summed E-state index contributed by atoms with van der Waals surface area (Å²) in [5.41, 5.74) is 4.78. The predicted molar refractivity (Wildman–Crippen MR) is 28.5 cm³/mol. The van der Waals surface area contributed by atoms with Gasteiger partial charge in [-0.25, -0.2) is 8.42 Å². The van der Waals surface area contributed by atoms with Crippen LogP contribution in [0.25, 0.3) is 0 Å². The quantitative estimate of drug-likeness (QED) is 0.219. The molecule has 0 heterocycles. The van der Waals surface area contributed by atoms with Crippen LogP contribution in [0.2, 0.25) is 0 Å². The van der Waals surface area contributed by atoms with Crippen LogP contribution in [0.15, 0.2) is 0 Å². The molecule has 8 heteroatoms. The Morgan fingerprint density at radius 3 is 1.60 bits per heavy atom. The van der Waals surface area contributed by atoms with Crippen LogP contribution in [-0.2, 0) is 10.4 Å². The molecular formula is C2H8KNO5S. The molecule has 0 unspecified atom stereocenters. The van der Waals surface area contributed by atoms with E-state index in [0.29, 0.717) is 6.54 Å². The first kappa shape index (κ1) is 17.5. The minimum Gasteiger partial charge on any atom is -0.726 e. The second-order valence-electron chi connectivity index (χ2n) is 0.940. The Morgan fingerprint density at radius 2 is 1.60 bits per heavy atom. The number of hydrogen-bond acceptors (Lipinski definition) is 5. The van der Waals surface area contributed by atoms with Gasteiger partial charge in [-0.1, -0.05) is 0 Å². The monoisotopic (exact) mass is 197 g/mol. The third-order valence-corrected chi connectivity index (χ3v) is 0.129. The first-order valence-electron chi connectivity index (χ1n) is 1.91. The molecule has 0 aromatic rings. The van der Waals surface area contributed by atoms with Gasteiger partial charge in [0.2, 0.25) is 10.4 Å². The van der Waals surface area contributed by atoms with E-state index in [2.05, 4.69) is 0 Å². The molecule has 6 nitrogen and oxygen atoms in total. The van der Waals surface area contributed by atoms with Gasteiger partial charge in [-0.05, 0) is 0 Å². The smallest absolute Gasteiger partial charge is 0.726 e. The average Bonchev–Trinajstić information content (AvgIpc) is 1.61. The minimum absolute atomic E-state index is 0. The molecule has 0 aromatic heterocycles. The molecule has 0 saturated carbocycles. The SMILES string of the molecule is NCCO.O=S(=O)([O-])O.[K+]. The Labute approximate surface area is 102 Å². The Morgan fingerprint density at radius 1 is 1.50 bits per heavy atom. The zero-order chi connectivity index (χ0) is 7.91. The molecule has 0 atom stereocenters. The average molecular weight is 197 g/mol. The van der Waals surface area contributed by atoms with E-state index < -0.39 is 10.4 Å². The van der Waals surface area contributed by atoms with Gasteiger partial charge < -0.3 is 15.4 Å². The van der Waals surface area contributed by atoms with Gasteiger partial charge >= 0.3 is 51.4 Å². The van der Waals surface area contributed by atoms with Gasteiger partial charge in [0, 0.05) is 6.54 Å². The summed E-state index contributed by atoms with van der Waals surface area (Å²) in [6, 6.07) is 0. The standard InChI is InChI=1S/C2H7NO.K.H2O4S/c3-1-2-4;;1-5(2,3)4/h4H,1-3H2;;(H2,1,2,3,4)/q;+1;/p-1. The fraction of sp³-hybridized carbons (Fsp3) is 1.00.